The summed E-state index contributed by atoms with van der Waals surface area (Å²) < 4.78 is 0.944. The molecular formula is C24H28BrN5O3. The Morgan fingerprint density at radius 3 is 2.48 bits per heavy atom. The largest absolute Gasteiger partial charge is 0.334 e. The normalized spacial score (nSPS) is 19.2. The first-order valence-corrected chi connectivity index (χ1v) is 11.4. The van der Waals surface area contributed by atoms with Gasteiger partial charge in [0.25, 0.3) is 0 Å². The van der Waals surface area contributed by atoms with Crippen LogP contribution in [0.15, 0.2) is 78.4 Å². The lowest BCUT2D eigenvalue weighted by molar-refractivity contribution is -0.182. The van der Waals surface area contributed by atoms with E-state index in [1.54, 1.807) is 39.2 Å². The van der Waals surface area contributed by atoms with Crippen molar-refractivity contribution < 1.29 is 14.4 Å². The lowest BCUT2D eigenvalue weighted by Crippen LogP contribution is -2.73. The fraction of sp³-hybridized carbons (Fsp3) is 0.292. The van der Waals surface area contributed by atoms with Crippen LogP contribution in [0.1, 0.15) is 5.56 Å². The van der Waals surface area contributed by atoms with Gasteiger partial charge in [-0.3, -0.25) is 9.59 Å². The highest BCUT2D eigenvalue weighted by Crippen LogP contribution is 2.25. The molecule has 1 aromatic carbocycles. The molecule has 0 aromatic heterocycles. The Kier molecular flexibility index (Phi) is 8.24. The van der Waals surface area contributed by atoms with Crippen LogP contribution in [0.4, 0.5) is 4.79 Å². The van der Waals surface area contributed by atoms with E-state index in [0.29, 0.717) is 13.1 Å². The molecule has 2 aliphatic heterocycles. The zero-order chi connectivity index (χ0) is 24.0. The van der Waals surface area contributed by atoms with Crippen LogP contribution in [0.3, 0.4) is 0 Å². The summed E-state index contributed by atoms with van der Waals surface area (Å²) in [6.45, 7) is 12.2. The van der Waals surface area contributed by atoms with Crippen LogP contribution in [-0.2, 0) is 16.1 Å². The Morgan fingerprint density at radius 2 is 1.85 bits per heavy atom. The highest BCUT2D eigenvalue weighted by atomic mass is 79.9. The van der Waals surface area contributed by atoms with Crippen LogP contribution in [-0.4, -0.2) is 76.6 Å². The number of carbonyl (C=O) groups excluding carboxylic acids is 3. The lowest BCUT2D eigenvalue weighted by atomic mass is 10.1. The first kappa shape index (κ1) is 24.5. The predicted octanol–water partition coefficient (Wildman–Crippen LogP) is 2.67. The second-order valence-corrected chi connectivity index (χ2v) is 8.64. The Balaban J connectivity index is 1.90. The molecule has 2 aliphatic rings. The van der Waals surface area contributed by atoms with Gasteiger partial charge in [0.15, 0.2) is 0 Å². The van der Waals surface area contributed by atoms with Crippen molar-refractivity contribution >= 4 is 33.8 Å². The highest BCUT2D eigenvalue weighted by molar-refractivity contribution is 9.10. The number of halogens is 1. The molecule has 1 N–H and O–H groups in total. The van der Waals surface area contributed by atoms with Crippen LogP contribution in [0.25, 0.3) is 0 Å². The lowest BCUT2D eigenvalue weighted by Gasteiger charge is -2.52. The molecule has 33 heavy (non-hydrogen) atoms. The Labute approximate surface area is 202 Å². The number of fused-ring (bicyclic) bond motifs is 1. The van der Waals surface area contributed by atoms with Gasteiger partial charge in [-0.25, -0.2) is 14.8 Å². The van der Waals surface area contributed by atoms with E-state index in [0.717, 1.165) is 15.6 Å². The van der Waals surface area contributed by atoms with Crippen molar-refractivity contribution in [1.29, 1.82) is 0 Å². The van der Waals surface area contributed by atoms with Crippen molar-refractivity contribution in [2.24, 2.45) is 0 Å². The molecule has 0 spiro atoms. The summed E-state index contributed by atoms with van der Waals surface area (Å²) in [4.78, 5) is 42.1. The SMILES string of the molecule is C=C/C=C(\C=C)CN1CC2N(CC1=O)C(=O)CN(Cc1ccc(Br)cc1)N2C(=O)NCC=C. The number of urea groups is 1. The number of nitrogens with one attached hydrogen (secondary N) is 1. The molecule has 0 aliphatic carbocycles. The van der Waals surface area contributed by atoms with E-state index in [2.05, 4.69) is 41.0 Å². The minimum atomic E-state index is -0.626. The van der Waals surface area contributed by atoms with Gasteiger partial charge in [-0.15, -0.1) is 6.58 Å². The summed E-state index contributed by atoms with van der Waals surface area (Å²) in [6.07, 6.45) is 6.06. The molecule has 8 nitrogen and oxygen atoms in total. The molecule has 174 valence electrons. The Hall–Kier alpha value is -3.17. The van der Waals surface area contributed by atoms with Crippen molar-refractivity contribution in [3.05, 3.63) is 83.9 Å². The summed E-state index contributed by atoms with van der Waals surface area (Å²) in [5, 5.41) is 6.09. The van der Waals surface area contributed by atoms with Crippen LogP contribution < -0.4 is 5.32 Å². The number of carbonyl (C=O) groups is 3. The maximum absolute atomic E-state index is 13.2. The average molecular weight is 514 g/mol. The molecule has 2 saturated heterocycles. The summed E-state index contributed by atoms with van der Waals surface area (Å²) in [6, 6.07) is 7.36. The van der Waals surface area contributed by atoms with Gasteiger partial charge in [0.05, 0.1) is 13.1 Å². The number of benzene rings is 1. The maximum Gasteiger partial charge on any atom is 0.334 e. The highest BCUT2D eigenvalue weighted by Gasteiger charge is 2.46. The molecule has 0 bridgehead atoms. The Morgan fingerprint density at radius 1 is 1.12 bits per heavy atom. The summed E-state index contributed by atoms with van der Waals surface area (Å²) in [5.41, 5.74) is 1.77. The van der Waals surface area contributed by atoms with E-state index in [4.69, 9.17) is 0 Å². The minimum absolute atomic E-state index is 0.00434. The number of rotatable bonds is 8. The van der Waals surface area contributed by atoms with E-state index in [9.17, 15) is 14.4 Å². The molecule has 1 aromatic rings. The van der Waals surface area contributed by atoms with Gasteiger partial charge >= 0.3 is 6.03 Å². The number of piperazine rings is 1. The smallest absolute Gasteiger partial charge is 0.333 e. The van der Waals surface area contributed by atoms with Gasteiger partial charge in [-0.05, 0) is 23.3 Å². The van der Waals surface area contributed by atoms with Gasteiger partial charge in [0.1, 0.15) is 12.7 Å². The topological polar surface area (TPSA) is 76.2 Å². The molecule has 4 amide bonds. The average Bonchev–Trinajstić information content (AvgIpc) is 2.79. The van der Waals surface area contributed by atoms with Gasteiger partial charge in [-0.1, -0.05) is 65.5 Å². The number of hydrazine groups is 1. The van der Waals surface area contributed by atoms with Crippen molar-refractivity contribution in [2.75, 3.05) is 32.7 Å². The Bertz CT molecular complexity index is 975. The fourth-order valence-electron chi connectivity index (χ4n) is 3.87. The van der Waals surface area contributed by atoms with Crippen molar-refractivity contribution in [1.82, 2.24) is 25.1 Å². The van der Waals surface area contributed by atoms with Crippen LogP contribution in [0.2, 0.25) is 0 Å². The molecule has 0 radical (unpaired) electrons. The number of hydrogen-bond donors (Lipinski definition) is 1. The maximum atomic E-state index is 13.2. The number of hydrogen-bond acceptors (Lipinski definition) is 4. The first-order chi connectivity index (χ1) is 15.9. The fourth-order valence-corrected chi connectivity index (χ4v) is 4.14. The van der Waals surface area contributed by atoms with Gasteiger partial charge in [-0.2, -0.15) is 0 Å². The molecule has 9 heteroatoms. The zero-order valence-electron chi connectivity index (χ0n) is 18.5. The molecule has 2 fully saturated rings. The van der Waals surface area contributed by atoms with E-state index in [1.165, 1.54) is 4.90 Å². The molecule has 1 unspecified atom stereocenters. The van der Waals surface area contributed by atoms with E-state index in [-0.39, 0.29) is 44.0 Å². The summed E-state index contributed by atoms with van der Waals surface area (Å²) in [5.74, 6) is -0.368. The number of allylic oxidation sites excluding steroid dienone is 2. The van der Waals surface area contributed by atoms with E-state index < -0.39 is 6.17 Å². The van der Waals surface area contributed by atoms with Gasteiger partial charge < -0.3 is 15.1 Å². The molecule has 2 heterocycles. The zero-order valence-corrected chi connectivity index (χ0v) is 20.0. The van der Waals surface area contributed by atoms with E-state index >= 15 is 0 Å². The van der Waals surface area contributed by atoms with Crippen LogP contribution >= 0.6 is 15.9 Å². The van der Waals surface area contributed by atoms with Gasteiger partial charge in [0, 0.05) is 24.1 Å². The minimum Gasteiger partial charge on any atom is -0.333 e. The summed E-state index contributed by atoms with van der Waals surface area (Å²) >= 11 is 3.42. The second-order valence-electron chi connectivity index (χ2n) is 7.73. The third-order valence-electron chi connectivity index (χ3n) is 5.48. The van der Waals surface area contributed by atoms with Crippen LogP contribution in [0.5, 0.6) is 0 Å². The first-order valence-electron chi connectivity index (χ1n) is 10.6. The molecule has 1 atom stereocenters. The second kappa shape index (κ2) is 11.1. The van der Waals surface area contributed by atoms with Crippen molar-refractivity contribution in [3.63, 3.8) is 0 Å². The quantitative estimate of drug-likeness (QED) is 0.428. The summed E-state index contributed by atoms with van der Waals surface area (Å²) in [7, 11) is 0. The molecule has 0 saturated carbocycles. The molecular weight excluding hydrogens is 486 g/mol. The standard InChI is InChI=1S/C24H28BrN5O3/c1-4-7-18(6-3)13-27-15-21-29(17-22(27)31)23(32)16-28(30(21)24(33)26-12-5-2)14-19-8-10-20(25)11-9-19/h4-11,21H,1-3,12-17H2,(H,26,33)/b18-7+. The van der Waals surface area contributed by atoms with Crippen molar-refractivity contribution in [3.8, 4) is 0 Å². The third kappa shape index (κ3) is 5.80. The monoisotopic (exact) mass is 513 g/mol. The third-order valence-corrected chi connectivity index (χ3v) is 6.01. The van der Waals surface area contributed by atoms with Gasteiger partial charge in [0.2, 0.25) is 11.8 Å². The number of nitrogens with zero attached hydrogens (tertiary/aromatic N) is 4. The van der Waals surface area contributed by atoms with Crippen LogP contribution in [0, 0.1) is 0 Å². The van der Waals surface area contributed by atoms with Crippen molar-refractivity contribution in [2.45, 2.75) is 12.7 Å². The number of amides is 4. The molecule has 3 rings (SSSR count). The predicted molar refractivity (Wildman–Crippen MR) is 131 cm³/mol. The van der Waals surface area contributed by atoms with E-state index in [1.807, 2.05) is 24.3 Å².